The van der Waals surface area contributed by atoms with Crippen LogP contribution >= 0.6 is 0 Å². The molecule has 1 atom stereocenters. The standard InChI is InChI=1S/C11H22O4S/c1-16(14,15)9-5-6-10(12)11(13)7-3-2-4-8-11/h10,12-13H,2-9H2,1H3. The Morgan fingerprint density at radius 1 is 1.25 bits per heavy atom. The van der Waals surface area contributed by atoms with Gasteiger partial charge in [0.2, 0.25) is 0 Å². The fourth-order valence-corrected chi connectivity index (χ4v) is 3.00. The first-order valence-electron chi connectivity index (χ1n) is 5.92. The van der Waals surface area contributed by atoms with E-state index in [4.69, 9.17) is 0 Å². The summed E-state index contributed by atoms with van der Waals surface area (Å²) in [6.45, 7) is 0. The van der Waals surface area contributed by atoms with E-state index in [0.717, 1.165) is 19.3 Å². The van der Waals surface area contributed by atoms with E-state index in [1.807, 2.05) is 0 Å². The molecule has 5 heteroatoms. The van der Waals surface area contributed by atoms with E-state index >= 15 is 0 Å². The van der Waals surface area contributed by atoms with Gasteiger partial charge in [-0.1, -0.05) is 19.3 Å². The van der Waals surface area contributed by atoms with Gasteiger partial charge in [0.25, 0.3) is 0 Å². The largest absolute Gasteiger partial charge is 0.390 e. The van der Waals surface area contributed by atoms with Crippen molar-refractivity contribution in [1.82, 2.24) is 0 Å². The van der Waals surface area contributed by atoms with Crippen molar-refractivity contribution >= 4 is 9.84 Å². The van der Waals surface area contributed by atoms with Crippen LogP contribution in [-0.4, -0.2) is 42.3 Å². The summed E-state index contributed by atoms with van der Waals surface area (Å²) in [6, 6.07) is 0. The Bertz CT molecular complexity index is 304. The monoisotopic (exact) mass is 250 g/mol. The van der Waals surface area contributed by atoms with Crippen LogP contribution < -0.4 is 0 Å². The molecular weight excluding hydrogens is 228 g/mol. The zero-order valence-corrected chi connectivity index (χ0v) is 10.7. The maximum atomic E-state index is 10.9. The summed E-state index contributed by atoms with van der Waals surface area (Å²) in [4.78, 5) is 0. The van der Waals surface area contributed by atoms with Crippen molar-refractivity contribution in [1.29, 1.82) is 0 Å². The van der Waals surface area contributed by atoms with Crippen molar-refractivity contribution in [2.24, 2.45) is 0 Å². The van der Waals surface area contributed by atoms with Gasteiger partial charge in [0.1, 0.15) is 9.84 Å². The Balaban J connectivity index is 2.36. The van der Waals surface area contributed by atoms with Crippen molar-refractivity contribution in [3.8, 4) is 0 Å². The van der Waals surface area contributed by atoms with Crippen molar-refractivity contribution in [3.05, 3.63) is 0 Å². The molecule has 4 nitrogen and oxygen atoms in total. The van der Waals surface area contributed by atoms with E-state index < -0.39 is 21.5 Å². The maximum Gasteiger partial charge on any atom is 0.147 e. The average molecular weight is 250 g/mol. The van der Waals surface area contributed by atoms with Crippen LogP contribution in [0.2, 0.25) is 0 Å². The van der Waals surface area contributed by atoms with Gasteiger partial charge in [-0.15, -0.1) is 0 Å². The molecule has 0 aromatic heterocycles. The number of aliphatic hydroxyl groups is 2. The molecule has 0 aliphatic heterocycles. The van der Waals surface area contributed by atoms with Crippen molar-refractivity contribution in [3.63, 3.8) is 0 Å². The number of sulfone groups is 1. The molecule has 1 rings (SSSR count). The molecule has 0 aromatic rings. The highest BCUT2D eigenvalue weighted by Gasteiger charge is 2.36. The Labute approximate surface area is 97.6 Å². The van der Waals surface area contributed by atoms with Gasteiger partial charge in [0.05, 0.1) is 11.7 Å². The minimum absolute atomic E-state index is 0.0835. The second-order valence-corrected chi connectivity index (χ2v) is 7.21. The second kappa shape index (κ2) is 5.47. The normalized spacial score (nSPS) is 22.9. The number of rotatable bonds is 5. The third kappa shape index (κ3) is 4.39. The highest BCUT2D eigenvalue weighted by molar-refractivity contribution is 7.90. The molecule has 1 unspecified atom stereocenters. The molecular formula is C11H22O4S. The van der Waals surface area contributed by atoms with E-state index in [-0.39, 0.29) is 5.75 Å². The summed E-state index contributed by atoms with van der Waals surface area (Å²) in [5.41, 5.74) is -0.976. The van der Waals surface area contributed by atoms with Crippen LogP contribution in [0.25, 0.3) is 0 Å². The van der Waals surface area contributed by atoms with Crippen molar-refractivity contribution in [2.45, 2.75) is 56.7 Å². The van der Waals surface area contributed by atoms with E-state index in [9.17, 15) is 18.6 Å². The molecule has 16 heavy (non-hydrogen) atoms. The van der Waals surface area contributed by atoms with Gasteiger partial charge < -0.3 is 10.2 Å². The SMILES string of the molecule is CS(=O)(=O)CCCC(O)C1(O)CCCCC1. The highest BCUT2D eigenvalue weighted by atomic mass is 32.2. The summed E-state index contributed by atoms with van der Waals surface area (Å²) in [7, 11) is -2.96. The van der Waals surface area contributed by atoms with Crippen LogP contribution in [0.4, 0.5) is 0 Å². The second-order valence-electron chi connectivity index (χ2n) is 4.95. The molecule has 96 valence electrons. The molecule has 0 radical (unpaired) electrons. The molecule has 1 saturated carbocycles. The predicted molar refractivity (Wildman–Crippen MR) is 63.0 cm³/mol. The lowest BCUT2D eigenvalue weighted by Crippen LogP contribution is -2.44. The van der Waals surface area contributed by atoms with Crippen LogP contribution in [-0.2, 0) is 9.84 Å². The van der Waals surface area contributed by atoms with Crippen LogP contribution in [0.5, 0.6) is 0 Å². The van der Waals surface area contributed by atoms with Crippen molar-refractivity contribution in [2.75, 3.05) is 12.0 Å². The Kier molecular flexibility index (Phi) is 4.76. The Morgan fingerprint density at radius 2 is 1.81 bits per heavy atom. The number of aliphatic hydroxyl groups excluding tert-OH is 1. The molecule has 0 spiro atoms. The third-order valence-electron chi connectivity index (χ3n) is 3.33. The van der Waals surface area contributed by atoms with Gasteiger partial charge in [0, 0.05) is 12.0 Å². The van der Waals surface area contributed by atoms with Crippen LogP contribution in [0.1, 0.15) is 44.9 Å². The molecule has 0 bridgehead atoms. The lowest BCUT2D eigenvalue weighted by molar-refractivity contribution is -0.0995. The smallest absolute Gasteiger partial charge is 0.147 e. The van der Waals surface area contributed by atoms with Crippen LogP contribution in [0, 0.1) is 0 Å². The maximum absolute atomic E-state index is 10.9. The molecule has 0 heterocycles. The first kappa shape index (κ1) is 13.9. The van der Waals surface area contributed by atoms with Crippen LogP contribution in [0.15, 0.2) is 0 Å². The molecule has 2 N–H and O–H groups in total. The van der Waals surface area contributed by atoms with E-state index in [1.54, 1.807) is 0 Å². The quantitative estimate of drug-likeness (QED) is 0.759. The fourth-order valence-electron chi connectivity index (χ4n) is 2.30. The molecule has 0 aromatic carbocycles. The van der Waals surface area contributed by atoms with Gasteiger partial charge in [-0.3, -0.25) is 0 Å². The highest BCUT2D eigenvalue weighted by Crippen LogP contribution is 2.32. The average Bonchev–Trinajstić information content (AvgIpc) is 2.16. The lowest BCUT2D eigenvalue weighted by Gasteiger charge is -2.36. The van der Waals surface area contributed by atoms with Gasteiger partial charge in [-0.2, -0.15) is 0 Å². The van der Waals surface area contributed by atoms with Gasteiger partial charge >= 0.3 is 0 Å². The van der Waals surface area contributed by atoms with Crippen molar-refractivity contribution < 1.29 is 18.6 Å². The topological polar surface area (TPSA) is 74.6 Å². The molecule has 0 amide bonds. The molecule has 1 aliphatic rings. The summed E-state index contributed by atoms with van der Waals surface area (Å²) >= 11 is 0. The van der Waals surface area contributed by atoms with E-state index in [0.29, 0.717) is 25.7 Å². The lowest BCUT2D eigenvalue weighted by atomic mass is 9.79. The Hall–Kier alpha value is -0.130. The van der Waals surface area contributed by atoms with Gasteiger partial charge in [0.15, 0.2) is 0 Å². The molecule has 1 aliphatic carbocycles. The minimum atomic E-state index is -2.96. The number of hydrogen-bond donors (Lipinski definition) is 2. The Morgan fingerprint density at radius 3 is 2.31 bits per heavy atom. The first-order chi connectivity index (χ1) is 7.33. The van der Waals surface area contributed by atoms with Gasteiger partial charge in [-0.05, 0) is 25.7 Å². The third-order valence-corrected chi connectivity index (χ3v) is 4.36. The van der Waals surface area contributed by atoms with E-state index in [1.165, 1.54) is 6.26 Å². The summed E-state index contributed by atoms with van der Waals surface area (Å²) in [5, 5.41) is 20.1. The summed E-state index contributed by atoms with van der Waals surface area (Å²) < 4.78 is 21.8. The zero-order chi connectivity index (χ0) is 12.2. The first-order valence-corrected chi connectivity index (χ1v) is 7.98. The fraction of sp³-hybridized carbons (Fsp3) is 1.00. The predicted octanol–water partition coefficient (Wildman–Crippen LogP) is 0.867. The summed E-state index contributed by atoms with van der Waals surface area (Å²) in [6.07, 6.45) is 5.45. The molecule has 1 fully saturated rings. The zero-order valence-electron chi connectivity index (χ0n) is 9.85. The van der Waals surface area contributed by atoms with E-state index in [2.05, 4.69) is 0 Å². The summed E-state index contributed by atoms with van der Waals surface area (Å²) in [5.74, 6) is 0.0835. The van der Waals surface area contributed by atoms with Gasteiger partial charge in [-0.25, -0.2) is 8.42 Å². The molecule has 0 saturated heterocycles. The number of hydrogen-bond acceptors (Lipinski definition) is 4. The minimum Gasteiger partial charge on any atom is -0.390 e. The van der Waals surface area contributed by atoms with Crippen LogP contribution in [0.3, 0.4) is 0 Å².